The van der Waals surface area contributed by atoms with Crippen LogP contribution in [0.3, 0.4) is 0 Å². The number of rotatable bonds is 5. The lowest BCUT2D eigenvalue weighted by atomic mass is 10.0. The average Bonchev–Trinajstić information content (AvgIpc) is 2.74. The molecule has 3 unspecified atom stereocenters. The first kappa shape index (κ1) is 15.3. The topological polar surface area (TPSA) is 55.7 Å². The fourth-order valence-electron chi connectivity index (χ4n) is 2.59. The van der Waals surface area contributed by atoms with E-state index in [-0.39, 0.29) is 6.04 Å². The highest BCUT2D eigenvalue weighted by Crippen LogP contribution is 2.23. The minimum absolute atomic E-state index is 0.299. The fourth-order valence-corrected chi connectivity index (χ4v) is 2.59. The Bertz CT molecular complexity index is 449. The van der Waals surface area contributed by atoms with Gasteiger partial charge in [0.2, 0.25) is 0 Å². The second-order valence-corrected chi connectivity index (χ2v) is 5.17. The molecule has 2 rings (SSSR count). The largest absolute Gasteiger partial charge is 0.389 e. The van der Waals surface area contributed by atoms with E-state index in [9.17, 15) is 19.0 Å². The van der Waals surface area contributed by atoms with Gasteiger partial charge >= 0.3 is 0 Å². The minimum atomic E-state index is -0.852. The van der Waals surface area contributed by atoms with Crippen molar-refractivity contribution in [1.82, 2.24) is 10.2 Å². The Kier molecular flexibility index (Phi) is 5.04. The van der Waals surface area contributed by atoms with Gasteiger partial charge in [-0.2, -0.15) is 0 Å². The van der Waals surface area contributed by atoms with Crippen LogP contribution in [-0.4, -0.2) is 54.0 Å². The van der Waals surface area contributed by atoms with Crippen molar-refractivity contribution in [3.8, 4) is 0 Å². The molecule has 0 aliphatic carbocycles. The summed E-state index contributed by atoms with van der Waals surface area (Å²) in [7, 11) is 1.70. The third-order valence-corrected chi connectivity index (χ3v) is 3.77. The van der Waals surface area contributed by atoms with Crippen molar-refractivity contribution in [3.63, 3.8) is 0 Å². The van der Waals surface area contributed by atoms with Gasteiger partial charge in [-0.1, -0.05) is 12.1 Å². The van der Waals surface area contributed by atoms with Gasteiger partial charge in [0.15, 0.2) is 11.6 Å². The molecule has 1 aromatic rings. The number of hydrogen-bond acceptors (Lipinski definition) is 4. The number of β-amino-alcohol motifs (C(OH)–C–C–N with tert-alkyl or cyclic N) is 2. The standard InChI is InChI=1S/C14H20F2N2O2/c1-17-11(9-3-2-4-10(15)14(9)16)5-6-18-7-12(19)13(20)8-18/h2-4,11-13,17,19-20H,5-8H2,1H3. The first-order chi connectivity index (χ1) is 9.52. The van der Waals surface area contributed by atoms with Gasteiger partial charge in [-0.15, -0.1) is 0 Å². The van der Waals surface area contributed by atoms with Crippen molar-refractivity contribution in [2.45, 2.75) is 24.7 Å². The Morgan fingerprint density at radius 3 is 2.55 bits per heavy atom. The van der Waals surface area contributed by atoms with Crippen molar-refractivity contribution < 1.29 is 19.0 Å². The molecule has 1 fully saturated rings. The molecule has 1 aliphatic heterocycles. The van der Waals surface area contributed by atoms with Crippen LogP contribution in [0.4, 0.5) is 8.78 Å². The van der Waals surface area contributed by atoms with Crippen molar-refractivity contribution in [3.05, 3.63) is 35.4 Å². The fraction of sp³-hybridized carbons (Fsp3) is 0.571. The third-order valence-electron chi connectivity index (χ3n) is 3.77. The van der Waals surface area contributed by atoms with E-state index in [1.54, 1.807) is 13.1 Å². The maximum absolute atomic E-state index is 13.8. The number of nitrogens with zero attached hydrogens (tertiary/aromatic N) is 1. The van der Waals surface area contributed by atoms with Crippen molar-refractivity contribution in [2.75, 3.05) is 26.7 Å². The van der Waals surface area contributed by atoms with E-state index in [4.69, 9.17) is 0 Å². The monoisotopic (exact) mass is 286 g/mol. The summed E-state index contributed by atoms with van der Waals surface area (Å²) in [4.78, 5) is 1.91. The van der Waals surface area contributed by atoms with Gasteiger partial charge < -0.3 is 15.5 Å². The molecule has 20 heavy (non-hydrogen) atoms. The molecule has 1 heterocycles. The molecule has 3 atom stereocenters. The van der Waals surface area contributed by atoms with Crippen LogP contribution in [0.25, 0.3) is 0 Å². The summed E-state index contributed by atoms with van der Waals surface area (Å²) in [6, 6.07) is 3.84. The van der Waals surface area contributed by atoms with Crippen molar-refractivity contribution >= 4 is 0 Å². The highest BCUT2D eigenvalue weighted by molar-refractivity contribution is 5.22. The highest BCUT2D eigenvalue weighted by atomic mass is 19.2. The molecular weight excluding hydrogens is 266 g/mol. The van der Waals surface area contributed by atoms with Gasteiger partial charge in [0.05, 0.1) is 12.2 Å². The van der Waals surface area contributed by atoms with E-state index in [0.717, 1.165) is 6.07 Å². The molecule has 0 amide bonds. The molecule has 0 saturated carbocycles. The summed E-state index contributed by atoms with van der Waals surface area (Å²) in [5.41, 5.74) is 0.299. The maximum atomic E-state index is 13.8. The second kappa shape index (κ2) is 6.58. The summed E-state index contributed by atoms with van der Waals surface area (Å²) in [5.74, 6) is -1.68. The van der Waals surface area contributed by atoms with Crippen LogP contribution in [0.15, 0.2) is 18.2 Å². The summed E-state index contributed by atoms with van der Waals surface area (Å²) >= 11 is 0. The number of halogens is 2. The van der Waals surface area contributed by atoms with Gasteiger partial charge in [0, 0.05) is 31.2 Å². The summed E-state index contributed by atoms with van der Waals surface area (Å²) in [5, 5.41) is 21.9. The molecule has 3 N–H and O–H groups in total. The van der Waals surface area contributed by atoms with Crippen LogP contribution in [0, 0.1) is 11.6 Å². The smallest absolute Gasteiger partial charge is 0.163 e. The summed E-state index contributed by atoms with van der Waals surface area (Å²) < 4.78 is 27.0. The molecule has 1 aromatic carbocycles. The molecule has 112 valence electrons. The molecule has 0 bridgehead atoms. The predicted molar refractivity (Wildman–Crippen MR) is 71.2 cm³/mol. The quantitative estimate of drug-likeness (QED) is 0.744. The Hall–Kier alpha value is -1.08. The first-order valence-electron chi connectivity index (χ1n) is 6.72. The third kappa shape index (κ3) is 3.32. The zero-order valence-electron chi connectivity index (χ0n) is 11.4. The van der Waals surface area contributed by atoms with Crippen LogP contribution < -0.4 is 5.32 Å². The lowest BCUT2D eigenvalue weighted by Gasteiger charge is -2.21. The second-order valence-electron chi connectivity index (χ2n) is 5.17. The first-order valence-corrected chi connectivity index (χ1v) is 6.72. The number of aliphatic hydroxyl groups excluding tert-OH is 2. The SMILES string of the molecule is CNC(CCN1CC(O)C(O)C1)c1cccc(F)c1F. The molecular formula is C14H20F2N2O2. The molecule has 0 radical (unpaired) electrons. The zero-order chi connectivity index (χ0) is 14.7. The summed E-state index contributed by atoms with van der Waals surface area (Å²) in [6.07, 6.45) is -0.890. The Morgan fingerprint density at radius 1 is 1.30 bits per heavy atom. The highest BCUT2D eigenvalue weighted by Gasteiger charge is 2.29. The molecule has 6 heteroatoms. The molecule has 4 nitrogen and oxygen atoms in total. The number of likely N-dealkylation sites (tertiary alicyclic amines) is 1. The Balaban J connectivity index is 1.98. The van der Waals surface area contributed by atoms with E-state index >= 15 is 0 Å². The minimum Gasteiger partial charge on any atom is -0.389 e. The van der Waals surface area contributed by atoms with Crippen LogP contribution in [0.2, 0.25) is 0 Å². The van der Waals surface area contributed by atoms with Crippen LogP contribution in [0.5, 0.6) is 0 Å². The van der Waals surface area contributed by atoms with Crippen molar-refractivity contribution in [1.29, 1.82) is 0 Å². The molecule has 1 saturated heterocycles. The van der Waals surface area contributed by atoms with Gasteiger partial charge in [-0.3, -0.25) is 4.90 Å². The van der Waals surface area contributed by atoms with Crippen molar-refractivity contribution in [2.24, 2.45) is 0 Å². The average molecular weight is 286 g/mol. The van der Waals surface area contributed by atoms with Gasteiger partial charge in [0.25, 0.3) is 0 Å². The lowest BCUT2D eigenvalue weighted by molar-refractivity contribution is 0.0572. The molecule has 0 aromatic heterocycles. The predicted octanol–water partition coefficient (Wildman–Crippen LogP) is 0.653. The van der Waals surface area contributed by atoms with E-state index < -0.39 is 23.8 Å². The molecule has 1 aliphatic rings. The van der Waals surface area contributed by atoms with Gasteiger partial charge in [0.1, 0.15) is 0 Å². The number of nitrogens with one attached hydrogen (secondary N) is 1. The zero-order valence-corrected chi connectivity index (χ0v) is 11.4. The molecule has 0 spiro atoms. The lowest BCUT2D eigenvalue weighted by Crippen LogP contribution is -2.28. The van der Waals surface area contributed by atoms with Gasteiger partial charge in [-0.05, 0) is 19.5 Å². The number of benzene rings is 1. The number of hydrogen-bond donors (Lipinski definition) is 3. The Morgan fingerprint density at radius 2 is 1.95 bits per heavy atom. The number of aliphatic hydroxyl groups is 2. The summed E-state index contributed by atoms with van der Waals surface area (Å²) in [6.45, 7) is 1.40. The van der Waals surface area contributed by atoms with Crippen LogP contribution in [0.1, 0.15) is 18.0 Å². The van der Waals surface area contributed by atoms with E-state index in [0.29, 0.717) is 31.6 Å². The maximum Gasteiger partial charge on any atom is 0.163 e. The normalized spacial score (nSPS) is 25.1. The van der Waals surface area contributed by atoms with Crippen LogP contribution >= 0.6 is 0 Å². The van der Waals surface area contributed by atoms with E-state index in [1.807, 2.05) is 4.90 Å². The van der Waals surface area contributed by atoms with E-state index in [2.05, 4.69) is 5.32 Å². The van der Waals surface area contributed by atoms with E-state index in [1.165, 1.54) is 6.07 Å². The Labute approximate surface area is 117 Å². The van der Waals surface area contributed by atoms with Crippen LogP contribution in [-0.2, 0) is 0 Å². The van der Waals surface area contributed by atoms with Gasteiger partial charge in [-0.25, -0.2) is 8.78 Å².